The molecule has 1 aromatic carbocycles. The third-order valence-electron chi connectivity index (χ3n) is 1.29. The van der Waals surface area contributed by atoms with E-state index in [1.807, 2.05) is 31.2 Å². The largest absolute Gasteiger partial charge is 1.00 e. The summed E-state index contributed by atoms with van der Waals surface area (Å²) >= 11 is 0. The van der Waals surface area contributed by atoms with Crippen LogP contribution in [0.2, 0.25) is 0 Å². The Hall–Kier alpha value is -0.223. The molecule has 0 radical (unpaired) electrons. The fraction of sp³-hybridized carbons (Fsp3) is 0.250. The van der Waals surface area contributed by atoms with Crippen LogP contribution in [-0.4, -0.2) is 0 Å². The Morgan fingerprint density at radius 1 is 1.20 bits per heavy atom. The summed E-state index contributed by atoms with van der Waals surface area (Å²) in [5.74, 6) is 0. The molecular weight excluding hydrogens is 119 g/mol. The van der Waals surface area contributed by atoms with Gasteiger partial charge in [-0.15, -0.1) is 6.61 Å². The monoisotopic (exact) mass is 128 g/mol. The van der Waals surface area contributed by atoms with Crippen LogP contribution in [0.15, 0.2) is 24.3 Å². The molecule has 0 bridgehead atoms. The zero-order valence-corrected chi connectivity index (χ0v) is 6.42. The van der Waals surface area contributed by atoms with Crippen molar-refractivity contribution >= 4 is 0 Å². The zero-order valence-electron chi connectivity index (χ0n) is 6.42. The van der Waals surface area contributed by atoms with Crippen molar-refractivity contribution < 1.29 is 24.0 Å². The van der Waals surface area contributed by atoms with E-state index in [2.05, 4.69) is 0 Å². The second-order valence-corrected chi connectivity index (χ2v) is 2.13. The summed E-state index contributed by atoms with van der Waals surface area (Å²) in [4.78, 5) is 0. The molecule has 0 amide bonds. The van der Waals surface area contributed by atoms with E-state index in [0.29, 0.717) is 0 Å². The Kier molecular flexibility index (Phi) is 4.47. The standard InChI is InChI=1S/C8H9O.Li/c1-7-2-4-8(6-9)5-3-7;/h2-5H,6H2,1H3;/q-1;+1. The molecule has 0 unspecified atom stereocenters. The van der Waals surface area contributed by atoms with Crippen LogP contribution < -0.4 is 24.0 Å². The van der Waals surface area contributed by atoms with Crippen LogP contribution in [0.4, 0.5) is 0 Å². The molecule has 1 aromatic rings. The summed E-state index contributed by atoms with van der Waals surface area (Å²) in [6, 6.07) is 7.63. The van der Waals surface area contributed by atoms with E-state index in [4.69, 9.17) is 0 Å². The van der Waals surface area contributed by atoms with Gasteiger partial charge in [0.1, 0.15) is 0 Å². The molecule has 48 valence electrons. The summed E-state index contributed by atoms with van der Waals surface area (Å²) in [6.07, 6.45) is 0. The maximum absolute atomic E-state index is 10.2. The fourth-order valence-electron chi connectivity index (χ4n) is 0.684. The molecule has 0 saturated heterocycles. The topological polar surface area (TPSA) is 23.1 Å². The van der Waals surface area contributed by atoms with E-state index >= 15 is 0 Å². The minimum absolute atomic E-state index is 0. The van der Waals surface area contributed by atoms with Gasteiger partial charge in [-0.3, -0.25) is 0 Å². The molecule has 0 aliphatic rings. The fourth-order valence-corrected chi connectivity index (χ4v) is 0.684. The average Bonchev–Trinajstić information content (AvgIpc) is 1.90. The predicted octanol–water partition coefficient (Wildman–Crippen LogP) is -2.14. The molecule has 0 saturated carbocycles. The molecule has 0 aromatic heterocycles. The van der Waals surface area contributed by atoms with E-state index in [-0.39, 0.29) is 25.5 Å². The average molecular weight is 128 g/mol. The van der Waals surface area contributed by atoms with Crippen molar-refractivity contribution in [1.82, 2.24) is 0 Å². The van der Waals surface area contributed by atoms with E-state index in [1.165, 1.54) is 5.56 Å². The molecule has 0 aliphatic carbocycles. The van der Waals surface area contributed by atoms with Crippen LogP contribution in [-0.2, 0) is 6.61 Å². The van der Waals surface area contributed by atoms with Crippen LogP contribution in [0, 0.1) is 6.92 Å². The summed E-state index contributed by atoms with van der Waals surface area (Å²) in [5, 5.41) is 10.2. The van der Waals surface area contributed by atoms with Crippen molar-refractivity contribution in [3.05, 3.63) is 35.4 Å². The first kappa shape index (κ1) is 9.78. The first-order valence-corrected chi connectivity index (χ1v) is 2.96. The molecule has 10 heavy (non-hydrogen) atoms. The van der Waals surface area contributed by atoms with Gasteiger partial charge in [-0.05, 0) is 6.92 Å². The van der Waals surface area contributed by atoms with Crippen molar-refractivity contribution in [3.8, 4) is 0 Å². The van der Waals surface area contributed by atoms with Crippen molar-refractivity contribution in [2.24, 2.45) is 0 Å². The molecular formula is C8H9LiO. The van der Waals surface area contributed by atoms with Crippen LogP contribution >= 0.6 is 0 Å². The summed E-state index contributed by atoms with van der Waals surface area (Å²) < 4.78 is 0. The zero-order chi connectivity index (χ0) is 6.69. The molecule has 0 aliphatic heterocycles. The summed E-state index contributed by atoms with van der Waals surface area (Å²) in [5.41, 5.74) is 2.06. The Bertz CT molecular complexity index is 181. The second kappa shape index (κ2) is 4.57. The third kappa shape index (κ3) is 2.58. The van der Waals surface area contributed by atoms with E-state index < -0.39 is 0 Å². The van der Waals surface area contributed by atoms with Crippen LogP contribution in [0.1, 0.15) is 11.1 Å². The van der Waals surface area contributed by atoms with Crippen LogP contribution in [0.5, 0.6) is 0 Å². The van der Waals surface area contributed by atoms with E-state index in [0.717, 1.165) is 5.56 Å². The first-order valence-electron chi connectivity index (χ1n) is 2.96. The van der Waals surface area contributed by atoms with Gasteiger partial charge in [-0.25, -0.2) is 0 Å². The van der Waals surface area contributed by atoms with Gasteiger partial charge in [0.2, 0.25) is 0 Å². The van der Waals surface area contributed by atoms with Crippen LogP contribution in [0.3, 0.4) is 0 Å². The van der Waals surface area contributed by atoms with Gasteiger partial charge in [0.05, 0.1) is 0 Å². The van der Waals surface area contributed by atoms with Gasteiger partial charge in [0, 0.05) is 0 Å². The van der Waals surface area contributed by atoms with Crippen molar-refractivity contribution in [3.63, 3.8) is 0 Å². The predicted molar refractivity (Wildman–Crippen MR) is 34.9 cm³/mol. The van der Waals surface area contributed by atoms with Crippen LogP contribution in [0.25, 0.3) is 0 Å². The smallest absolute Gasteiger partial charge is 0.851 e. The van der Waals surface area contributed by atoms with E-state index in [1.54, 1.807) is 0 Å². The molecule has 1 nitrogen and oxygen atoms in total. The molecule has 0 spiro atoms. The molecule has 0 heterocycles. The summed E-state index contributed by atoms with van der Waals surface area (Å²) in [6.45, 7) is 1.90. The van der Waals surface area contributed by atoms with Gasteiger partial charge in [0.25, 0.3) is 0 Å². The quantitative estimate of drug-likeness (QED) is 0.396. The van der Waals surface area contributed by atoms with Crippen molar-refractivity contribution in [2.45, 2.75) is 13.5 Å². The van der Waals surface area contributed by atoms with Crippen molar-refractivity contribution in [1.29, 1.82) is 0 Å². The number of hydrogen-bond acceptors (Lipinski definition) is 1. The number of rotatable bonds is 1. The Balaban J connectivity index is 0.000000810. The number of aryl methyl sites for hydroxylation is 1. The maximum Gasteiger partial charge on any atom is 1.00 e. The SMILES string of the molecule is Cc1ccc(C[O-])cc1.[Li+]. The molecule has 0 atom stereocenters. The van der Waals surface area contributed by atoms with Gasteiger partial charge in [-0.2, -0.15) is 0 Å². The van der Waals surface area contributed by atoms with Gasteiger partial charge in [-0.1, -0.05) is 35.4 Å². The Labute approximate surface area is 73.3 Å². The van der Waals surface area contributed by atoms with Gasteiger partial charge in [0.15, 0.2) is 0 Å². The minimum atomic E-state index is -0.111. The van der Waals surface area contributed by atoms with E-state index in [9.17, 15) is 5.11 Å². The van der Waals surface area contributed by atoms with Gasteiger partial charge >= 0.3 is 18.9 Å². The van der Waals surface area contributed by atoms with Gasteiger partial charge < -0.3 is 5.11 Å². The molecule has 0 fully saturated rings. The molecule has 2 heteroatoms. The maximum atomic E-state index is 10.2. The minimum Gasteiger partial charge on any atom is -0.851 e. The second-order valence-electron chi connectivity index (χ2n) is 2.13. The first-order chi connectivity index (χ1) is 4.33. The Morgan fingerprint density at radius 3 is 2.10 bits per heavy atom. The number of hydrogen-bond donors (Lipinski definition) is 0. The molecule has 1 rings (SSSR count). The summed E-state index contributed by atoms with van der Waals surface area (Å²) in [7, 11) is 0. The third-order valence-corrected chi connectivity index (χ3v) is 1.29. The normalized spacial score (nSPS) is 8.60. The van der Waals surface area contributed by atoms with Crippen molar-refractivity contribution in [2.75, 3.05) is 0 Å². The Morgan fingerprint density at radius 2 is 1.70 bits per heavy atom. The molecule has 0 N–H and O–H groups in total. The number of benzene rings is 1.